The normalized spacial score (nSPS) is 10.4. The summed E-state index contributed by atoms with van der Waals surface area (Å²) < 4.78 is 32.9. The van der Waals surface area contributed by atoms with Crippen LogP contribution in [0.3, 0.4) is 0 Å². The number of rotatable bonds is 4. The van der Waals surface area contributed by atoms with Crippen molar-refractivity contribution in [3.8, 4) is 11.5 Å². The van der Waals surface area contributed by atoms with E-state index in [2.05, 4.69) is 15.3 Å². The maximum atomic E-state index is 13.3. The molecule has 142 valence electrons. The van der Waals surface area contributed by atoms with Crippen LogP contribution in [-0.2, 0) is 0 Å². The standard InChI is InChI=1S/C18H14F2N6O2/c1-10(21)26-9-14(28-13-4-12(20)6-23-8-13)5-15(17(26)22)18(27)25-16-3-2-11(19)7-24-16/h2-9,21-22H,1H3,(H,24,25,27). The molecule has 0 aliphatic heterocycles. The molecule has 0 spiro atoms. The fourth-order valence-corrected chi connectivity index (χ4v) is 2.28. The molecular formula is C18H14F2N6O2. The maximum absolute atomic E-state index is 13.3. The minimum absolute atomic E-state index is 0.0400. The average Bonchev–Trinajstić information content (AvgIpc) is 2.64. The van der Waals surface area contributed by atoms with E-state index in [4.69, 9.17) is 15.6 Å². The van der Waals surface area contributed by atoms with E-state index in [-0.39, 0.29) is 34.2 Å². The number of carbonyl (C=O) groups is 1. The topological polar surface area (TPSA) is 117 Å². The van der Waals surface area contributed by atoms with Crippen LogP contribution in [0, 0.1) is 22.5 Å². The van der Waals surface area contributed by atoms with E-state index in [1.165, 1.54) is 31.5 Å². The molecule has 0 bridgehead atoms. The molecule has 3 N–H and O–H groups in total. The van der Waals surface area contributed by atoms with Crippen LogP contribution in [0.1, 0.15) is 17.3 Å². The molecule has 10 heteroatoms. The summed E-state index contributed by atoms with van der Waals surface area (Å²) in [5, 5.41) is 18.4. The van der Waals surface area contributed by atoms with Crippen molar-refractivity contribution >= 4 is 17.6 Å². The van der Waals surface area contributed by atoms with Crippen molar-refractivity contribution in [2.24, 2.45) is 0 Å². The van der Waals surface area contributed by atoms with Crippen LogP contribution < -0.4 is 15.5 Å². The van der Waals surface area contributed by atoms with Gasteiger partial charge in [-0.25, -0.2) is 13.8 Å². The highest BCUT2D eigenvalue weighted by atomic mass is 19.1. The summed E-state index contributed by atoms with van der Waals surface area (Å²) in [6.07, 6.45) is 4.55. The number of anilines is 1. The first-order valence-corrected chi connectivity index (χ1v) is 7.91. The molecule has 0 aliphatic carbocycles. The number of halogens is 2. The number of amides is 1. The number of aromatic nitrogens is 3. The number of hydrogen-bond donors (Lipinski definition) is 3. The van der Waals surface area contributed by atoms with Gasteiger partial charge in [0.25, 0.3) is 5.91 Å². The van der Waals surface area contributed by atoms with Gasteiger partial charge in [0, 0.05) is 6.07 Å². The van der Waals surface area contributed by atoms with Crippen LogP contribution in [0.4, 0.5) is 14.6 Å². The van der Waals surface area contributed by atoms with Crippen LogP contribution in [0.15, 0.2) is 49.1 Å². The maximum Gasteiger partial charge on any atom is 0.260 e. The molecule has 0 saturated carbocycles. The van der Waals surface area contributed by atoms with Gasteiger partial charge < -0.3 is 10.1 Å². The van der Waals surface area contributed by atoms with Gasteiger partial charge in [0.1, 0.15) is 40.3 Å². The molecule has 0 atom stereocenters. The number of nitrogens with zero attached hydrogens (tertiary/aromatic N) is 3. The predicted molar refractivity (Wildman–Crippen MR) is 95.5 cm³/mol. The molecule has 0 aliphatic rings. The Morgan fingerprint density at radius 1 is 1.14 bits per heavy atom. The van der Waals surface area contributed by atoms with Gasteiger partial charge in [0.15, 0.2) is 0 Å². The molecule has 3 rings (SSSR count). The molecule has 0 aromatic carbocycles. The Kier molecular flexibility index (Phi) is 5.21. The van der Waals surface area contributed by atoms with E-state index in [9.17, 15) is 13.6 Å². The molecule has 8 nitrogen and oxygen atoms in total. The third-order valence-electron chi connectivity index (χ3n) is 3.53. The lowest BCUT2D eigenvalue weighted by atomic mass is 10.2. The first-order chi connectivity index (χ1) is 13.3. The summed E-state index contributed by atoms with van der Waals surface area (Å²) in [6.45, 7) is 1.43. The monoisotopic (exact) mass is 384 g/mol. The van der Waals surface area contributed by atoms with Gasteiger partial charge in [-0.1, -0.05) is 0 Å². The van der Waals surface area contributed by atoms with E-state index in [1.54, 1.807) is 0 Å². The quantitative estimate of drug-likeness (QED) is 0.474. The molecule has 1 amide bonds. The number of hydrogen-bond acceptors (Lipinski definition) is 6. The Bertz CT molecular complexity index is 1110. The summed E-state index contributed by atoms with van der Waals surface area (Å²) in [4.78, 5) is 20.0. The van der Waals surface area contributed by atoms with Crippen molar-refractivity contribution < 1.29 is 18.3 Å². The molecule has 3 aromatic rings. The Labute approximate surface area is 157 Å². The molecular weight excluding hydrogens is 370 g/mol. The number of carbonyl (C=O) groups excluding carboxylic acids is 1. The minimum Gasteiger partial charge on any atom is -0.454 e. The summed E-state index contributed by atoms with van der Waals surface area (Å²) in [5.74, 6) is -1.65. The molecule has 3 heterocycles. The zero-order chi connectivity index (χ0) is 20.3. The Morgan fingerprint density at radius 2 is 1.93 bits per heavy atom. The number of pyridine rings is 3. The van der Waals surface area contributed by atoms with Gasteiger partial charge in [-0.15, -0.1) is 0 Å². The SMILES string of the molecule is CC(=N)n1cc(Oc2cncc(F)c2)cc(C(=O)Nc2ccc(F)cn2)c1=N. The highest BCUT2D eigenvalue weighted by Gasteiger charge is 2.15. The van der Waals surface area contributed by atoms with Gasteiger partial charge in [-0.3, -0.25) is 25.2 Å². The lowest BCUT2D eigenvalue weighted by Crippen LogP contribution is -2.32. The third kappa shape index (κ3) is 4.23. The third-order valence-corrected chi connectivity index (χ3v) is 3.53. The van der Waals surface area contributed by atoms with Crippen molar-refractivity contribution in [1.29, 1.82) is 10.8 Å². The summed E-state index contributed by atoms with van der Waals surface area (Å²) in [7, 11) is 0. The minimum atomic E-state index is -0.707. The largest absolute Gasteiger partial charge is 0.454 e. The Morgan fingerprint density at radius 3 is 2.57 bits per heavy atom. The zero-order valence-electron chi connectivity index (χ0n) is 14.5. The second kappa shape index (κ2) is 7.74. The van der Waals surface area contributed by atoms with Gasteiger partial charge >= 0.3 is 0 Å². The van der Waals surface area contributed by atoms with E-state index in [0.29, 0.717) is 0 Å². The second-order valence-electron chi connectivity index (χ2n) is 5.65. The van der Waals surface area contributed by atoms with Gasteiger partial charge in [-0.05, 0) is 25.1 Å². The Balaban J connectivity index is 1.98. The van der Waals surface area contributed by atoms with Gasteiger partial charge in [0.05, 0.1) is 30.4 Å². The van der Waals surface area contributed by atoms with E-state index in [0.717, 1.165) is 29.1 Å². The molecule has 0 fully saturated rings. The van der Waals surface area contributed by atoms with E-state index >= 15 is 0 Å². The lowest BCUT2D eigenvalue weighted by Gasteiger charge is -2.13. The van der Waals surface area contributed by atoms with Crippen molar-refractivity contribution in [1.82, 2.24) is 14.5 Å². The fraction of sp³-hybridized carbons (Fsp3) is 0.0556. The molecule has 0 radical (unpaired) electrons. The fourth-order valence-electron chi connectivity index (χ4n) is 2.28. The van der Waals surface area contributed by atoms with Crippen LogP contribution >= 0.6 is 0 Å². The number of nitrogens with one attached hydrogen (secondary N) is 3. The summed E-state index contributed by atoms with van der Waals surface area (Å²) >= 11 is 0. The van der Waals surface area contributed by atoms with Crippen LogP contribution in [0.5, 0.6) is 11.5 Å². The number of ether oxygens (including phenoxy) is 1. The summed E-state index contributed by atoms with van der Waals surface area (Å²) in [6, 6.07) is 4.77. The second-order valence-corrected chi connectivity index (χ2v) is 5.65. The molecule has 0 saturated heterocycles. The first-order valence-electron chi connectivity index (χ1n) is 7.91. The van der Waals surface area contributed by atoms with Crippen molar-refractivity contribution in [3.63, 3.8) is 0 Å². The predicted octanol–water partition coefficient (Wildman–Crippen LogP) is 2.93. The molecule has 0 unspecified atom stereocenters. The smallest absolute Gasteiger partial charge is 0.260 e. The van der Waals surface area contributed by atoms with E-state index in [1.807, 2.05) is 0 Å². The average molecular weight is 384 g/mol. The van der Waals surface area contributed by atoms with Crippen molar-refractivity contribution in [3.05, 3.63) is 71.7 Å². The Hall–Kier alpha value is -3.95. The van der Waals surface area contributed by atoms with Crippen LogP contribution in [0.2, 0.25) is 0 Å². The highest BCUT2D eigenvalue weighted by molar-refractivity contribution is 6.04. The lowest BCUT2D eigenvalue weighted by molar-refractivity contribution is 0.102. The zero-order valence-corrected chi connectivity index (χ0v) is 14.5. The van der Waals surface area contributed by atoms with Crippen molar-refractivity contribution in [2.45, 2.75) is 6.92 Å². The first kappa shape index (κ1) is 18.8. The molecule has 3 aromatic heterocycles. The highest BCUT2D eigenvalue weighted by Crippen LogP contribution is 2.21. The van der Waals surface area contributed by atoms with Crippen LogP contribution in [-0.4, -0.2) is 26.3 Å². The van der Waals surface area contributed by atoms with Gasteiger partial charge in [-0.2, -0.15) is 0 Å². The van der Waals surface area contributed by atoms with E-state index < -0.39 is 17.5 Å². The van der Waals surface area contributed by atoms with Crippen LogP contribution in [0.25, 0.3) is 0 Å². The van der Waals surface area contributed by atoms with Crippen molar-refractivity contribution in [2.75, 3.05) is 5.32 Å². The molecule has 28 heavy (non-hydrogen) atoms. The summed E-state index contributed by atoms with van der Waals surface area (Å²) in [5.41, 5.74) is -0.392. The van der Waals surface area contributed by atoms with Gasteiger partial charge in [0.2, 0.25) is 0 Å².